The molecule has 0 saturated heterocycles. The molecule has 0 atom stereocenters. The topological polar surface area (TPSA) is 65.7 Å². The summed E-state index contributed by atoms with van der Waals surface area (Å²) in [4.78, 5) is 25.8. The molecule has 0 amide bonds. The van der Waals surface area contributed by atoms with E-state index in [0.29, 0.717) is 16.2 Å². The minimum atomic E-state index is -4.39. The third kappa shape index (κ3) is 6.69. The number of hydrogen-bond acceptors (Lipinski definition) is 6. The molecule has 0 unspecified atom stereocenters. The van der Waals surface area contributed by atoms with Gasteiger partial charge in [0, 0.05) is 23.1 Å². The molecule has 0 radical (unpaired) electrons. The second-order valence-corrected chi connectivity index (χ2v) is 9.09. The van der Waals surface area contributed by atoms with Crippen LogP contribution in [0.25, 0.3) is 11.1 Å². The van der Waals surface area contributed by atoms with Gasteiger partial charge in [-0.1, -0.05) is 17.7 Å². The summed E-state index contributed by atoms with van der Waals surface area (Å²) >= 11 is 1.31. The SMILES string of the molecule is CCOC(=O)Oc1cc(CCSc2ccc(C(F)(F)F)cc2)oc(=O)c1-c1c(C)cc(C)cc1C. The van der Waals surface area contributed by atoms with Crippen molar-refractivity contribution in [3.63, 3.8) is 0 Å². The van der Waals surface area contributed by atoms with Crippen LogP contribution in [0.2, 0.25) is 0 Å². The van der Waals surface area contributed by atoms with Gasteiger partial charge in [-0.2, -0.15) is 13.2 Å². The Morgan fingerprint density at radius 3 is 2.20 bits per heavy atom. The Labute approximate surface area is 205 Å². The number of hydrogen-bond donors (Lipinski definition) is 0. The smallest absolute Gasteiger partial charge is 0.434 e. The van der Waals surface area contributed by atoms with E-state index in [1.165, 1.54) is 30.0 Å². The lowest BCUT2D eigenvalue weighted by Crippen LogP contribution is -2.15. The van der Waals surface area contributed by atoms with E-state index in [4.69, 9.17) is 13.9 Å². The van der Waals surface area contributed by atoms with Crippen LogP contribution in [0.1, 0.15) is 34.9 Å². The Bertz CT molecular complexity index is 1240. The second-order valence-electron chi connectivity index (χ2n) is 7.92. The number of ether oxygens (including phenoxy) is 2. The molecule has 9 heteroatoms. The lowest BCUT2D eigenvalue weighted by atomic mass is 9.94. The first-order valence-corrected chi connectivity index (χ1v) is 11.9. The van der Waals surface area contributed by atoms with Crippen LogP contribution in [0.3, 0.4) is 0 Å². The van der Waals surface area contributed by atoms with Crippen molar-refractivity contribution in [2.75, 3.05) is 12.4 Å². The molecule has 186 valence electrons. The Morgan fingerprint density at radius 1 is 1.00 bits per heavy atom. The Morgan fingerprint density at radius 2 is 1.63 bits per heavy atom. The van der Waals surface area contributed by atoms with Gasteiger partial charge in [-0.05, 0) is 68.7 Å². The van der Waals surface area contributed by atoms with E-state index in [1.807, 2.05) is 32.9 Å². The van der Waals surface area contributed by atoms with Crippen molar-refractivity contribution >= 4 is 17.9 Å². The van der Waals surface area contributed by atoms with E-state index >= 15 is 0 Å². The van der Waals surface area contributed by atoms with Gasteiger partial charge in [-0.15, -0.1) is 11.8 Å². The van der Waals surface area contributed by atoms with E-state index in [0.717, 1.165) is 28.8 Å². The summed E-state index contributed by atoms with van der Waals surface area (Å²) in [5.74, 6) is 0.735. The van der Waals surface area contributed by atoms with Gasteiger partial charge in [0.25, 0.3) is 0 Å². The highest BCUT2D eigenvalue weighted by atomic mass is 32.2. The molecule has 35 heavy (non-hydrogen) atoms. The molecule has 0 spiro atoms. The Balaban J connectivity index is 1.88. The van der Waals surface area contributed by atoms with Crippen molar-refractivity contribution in [2.45, 2.75) is 45.2 Å². The standard InChI is InChI=1S/C26H25F3O5S/c1-5-32-25(31)34-21-14-19(10-11-35-20-8-6-18(7-9-20)26(27,28)29)33-24(30)23(21)22-16(3)12-15(2)13-17(22)4/h6-9,12-14H,5,10-11H2,1-4H3. The maximum Gasteiger partial charge on any atom is 0.513 e. The third-order valence-electron chi connectivity index (χ3n) is 5.15. The Kier molecular flexibility index (Phi) is 8.32. The van der Waals surface area contributed by atoms with Crippen LogP contribution < -0.4 is 10.4 Å². The molecule has 0 aliphatic carbocycles. The van der Waals surface area contributed by atoms with Gasteiger partial charge in [0.1, 0.15) is 11.3 Å². The minimum Gasteiger partial charge on any atom is -0.434 e. The van der Waals surface area contributed by atoms with Crippen LogP contribution >= 0.6 is 11.8 Å². The van der Waals surface area contributed by atoms with Crippen LogP contribution in [0.4, 0.5) is 18.0 Å². The predicted octanol–water partition coefficient (Wildman–Crippen LogP) is 7.12. The van der Waals surface area contributed by atoms with Crippen LogP contribution in [-0.2, 0) is 17.3 Å². The van der Waals surface area contributed by atoms with Crippen molar-refractivity contribution in [3.05, 3.63) is 80.9 Å². The molecule has 0 fully saturated rings. The summed E-state index contributed by atoms with van der Waals surface area (Å²) in [6.45, 7) is 7.41. The number of aryl methyl sites for hydroxylation is 4. The van der Waals surface area contributed by atoms with Crippen molar-refractivity contribution in [1.82, 2.24) is 0 Å². The highest BCUT2D eigenvalue weighted by Gasteiger charge is 2.30. The summed E-state index contributed by atoms with van der Waals surface area (Å²) in [5.41, 5.74) is 2.06. The number of thioether (sulfide) groups is 1. The number of carbonyl (C=O) groups excluding carboxylic acids is 1. The van der Waals surface area contributed by atoms with Crippen LogP contribution in [0, 0.1) is 20.8 Å². The first kappa shape index (κ1) is 26.4. The second kappa shape index (κ2) is 11.0. The lowest BCUT2D eigenvalue weighted by Gasteiger charge is -2.15. The number of halogens is 3. The number of alkyl halides is 3. The van der Waals surface area contributed by atoms with Crippen molar-refractivity contribution in [1.29, 1.82) is 0 Å². The van der Waals surface area contributed by atoms with E-state index in [1.54, 1.807) is 6.92 Å². The van der Waals surface area contributed by atoms with Gasteiger partial charge in [0.15, 0.2) is 5.75 Å². The van der Waals surface area contributed by atoms with Gasteiger partial charge in [-0.25, -0.2) is 9.59 Å². The van der Waals surface area contributed by atoms with Gasteiger partial charge >= 0.3 is 18.0 Å². The fourth-order valence-corrected chi connectivity index (χ4v) is 4.64. The summed E-state index contributed by atoms with van der Waals surface area (Å²) in [6, 6.07) is 10.2. The van der Waals surface area contributed by atoms with Gasteiger partial charge in [-0.3, -0.25) is 0 Å². The molecule has 0 N–H and O–H groups in total. The number of benzene rings is 2. The summed E-state index contributed by atoms with van der Waals surface area (Å²) in [5, 5.41) is 0. The highest BCUT2D eigenvalue weighted by Crippen LogP contribution is 2.34. The predicted molar refractivity (Wildman–Crippen MR) is 128 cm³/mol. The number of carbonyl (C=O) groups is 1. The molecule has 1 aromatic heterocycles. The lowest BCUT2D eigenvalue weighted by molar-refractivity contribution is -0.137. The largest absolute Gasteiger partial charge is 0.513 e. The maximum absolute atomic E-state index is 13.0. The Hall–Kier alpha value is -3.20. The van der Waals surface area contributed by atoms with Crippen LogP contribution in [0.15, 0.2) is 56.6 Å². The van der Waals surface area contributed by atoms with Crippen molar-refractivity contribution in [3.8, 4) is 16.9 Å². The zero-order valence-corrected chi connectivity index (χ0v) is 20.6. The summed E-state index contributed by atoms with van der Waals surface area (Å²) < 4.78 is 54.0. The van der Waals surface area contributed by atoms with Crippen LogP contribution in [-0.4, -0.2) is 18.5 Å². The van der Waals surface area contributed by atoms with E-state index < -0.39 is 23.5 Å². The van der Waals surface area contributed by atoms with Gasteiger partial charge < -0.3 is 13.9 Å². The molecule has 0 aliphatic heterocycles. The molecule has 0 aliphatic rings. The number of rotatable bonds is 7. The fourth-order valence-electron chi connectivity index (χ4n) is 3.77. The van der Waals surface area contributed by atoms with Crippen molar-refractivity contribution < 1.29 is 31.9 Å². The highest BCUT2D eigenvalue weighted by molar-refractivity contribution is 7.99. The van der Waals surface area contributed by atoms with Gasteiger partial charge in [0.2, 0.25) is 0 Å². The molecule has 2 aromatic carbocycles. The van der Waals surface area contributed by atoms with E-state index in [9.17, 15) is 22.8 Å². The monoisotopic (exact) mass is 506 g/mol. The molecule has 3 rings (SSSR count). The zero-order chi connectivity index (χ0) is 25.8. The fraction of sp³-hybridized carbons (Fsp3) is 0.308. The van der Waals surface area contributed by atoms with Crippen LogP contribution in [0.5, 0.6) is 5.75 Å². The minimum absolute atomic E-state index is 0.0317. The maximum atomic E-state index is 13.0. The zero-order valence-electron chi connectivity index (χ0n) is 19.7. The summed E-state index contributed by atoms with van der Waals surface area (Å²) in [7, 11) is 0. The summed E-state index contributed by atoms with van der Waals surface area (Å²) in [6.07, 6.45) is -5.05. The average Bonchev–Trinajstić information content (AvgIpc) is 2.75. The third-order valence-corrected chi connectivity index (χ3v) is 6.16. The molecule has 1 heterocycles. The first-order valence-electron chi connectivity index (χ1n) is 10.9. The molecule has 0 bridgehead atoms. The molecule has 5 nitrogen and oxygen atoms in total. The molecular formula is C26H25F3O5S. The molecule has 0 saturated carbocycles. The van der Waals surface area contributed by atoms with Crippen molar-refractivity contribution in [2.24, 2.45) is 0 Å². The molecule has 3 aromatic rings. The normalized spacial score (nSPS) is 11.4. The molecular weight excluding hydrogens is 481 g/mol. The van der Waals surface area contributed by atoms with E-state index in [-0.39, 0.29) is 30.1 Å². The van der Waals surface area contributed by atoms with Gasteiger partial charge in [0.05, 0.1) is 12.2 Å². The average molecular weight is 507 g/mol. The van der Waals surface area contributed by atoms with E-state index in [2.05, 4.69) is 0 Å². The first-order chi connectivity index (χ1) is 16.5. The quantitative estimate of drug-likeness (QED) is 0.251.